The first-order chi connectivity index (χ1) is 12.5. The second-order valence-electron chi connectivity index (χ2n) is 7.84. The molecule has 2 aromatic carbocycles. The van der Waals surface area contributed by atoms with Gasteiger partial charge in [0.2, 0.25) is 0 Å². The van der Waals surface area contributed by atoms with Gasteiger partial charge >= 0.3 is 0 Å². The summed E-state index contributed by atoms with van der Waals surface area (Å²) >= 11 is 0. The van der Waals surface area contributed by atoms with Crippen LogP contribution in [0.1, 0.15) is 58.1 Å². The Labute approximate surface area is 159 Å². The Hall–Kier alpha value is -1.80. The standard InChI is InChI=1S/C24H34O2/c1-18(2)17-24(19(3)4)22-11-13-23(14-12-22)26-20(5)25-16-15-21-9-7-6-8-10-21/h6-14,18-20,24H,15-17H2,1-5H3. The first-order valence-electron chi connectivity index (χ1n) is 9.88. The van der Waals surface area contributed by atoms with Gasteiger partial charge in [-0.25, -0.2) is 0 Å². The molecule has 2 rings (SSSR count). The third kappa shape index (κ3) is 6.84. The predicted octanol–water partition coefficient (Wildman–Crippen LogP) is 6.46. The summed E-state index contributed by atoms with van der Waals surface area (Å²) in [6.45, 7) is 11.8. The third-order valence-electron chi connectivity index (χ3n) is 4.73. The van der Waals surface area contributed by atoms with Gasteiger partial charge < -0.3 is 9.47 Å². The lowest BCUT2D eigenvalue weighted by atomic mass is 9.82. The molecule has 2 heteroatoms. The lowest BCUT2D eigenvalue weighted by Gasteiger charge is -2.24. The van der Waals surface area contributed by atoms with Crippen LogP contribution in [0.2, 0.25) is 0 Å². The van der Waals surface area contributed by atoms with Crippen LogP contribution in [-0.2, 0) is 11.2 Å². The van der Waals surface area contributed by atoms with Crippen LogP contribution in [0.4, 0.5) is 0 Å². The highest BCUT2D eigenvalue weighted by molar-refractivity contribution is 5.30. The molecule has 0 aliphatic carbocycles. The summed E-state index contributed by atoms with van der Waals surface area (Å²) < 4.78 is 11.7. The molecule has 2 unspecified atom stereocenters. The monoisotopic (exact) mass is 354 g/mol. The van der Waals surface area contributed by atoms with E-state index in [1.165, 1.54) is 17.5 Å². The molecular weight excluding hydrogens is 320 g/mol. The highest BCUT2D eigenvalue weighted by Crippen LogP contribution is 2.32. The normalized spacial score (nSPS) is 13.8. The molecule has 26 heavy (non-hydrogen) atoms. The van der Waals surface area contributed by atoms with E-state index < -0.39 is 0 Å². The van der Waals surface area contributed by atoms with Gasteiger partial charge in [-0.2, -0.15) is 0 Å². The fourth-order valence-electron chi connectivity index (χ4n) is 3.31. The number of hydrogen-bond acceptors (Lipinski definition) is 2. The van der Waals surface area contributed by atoms with E-state index in [2.05, 4.69) is 76.2 Å². The average molecular weight is 355 g/mol. The van der Waals surface area contributed by atoms with Crippen LogP contribution < -0.4 is 4.74 Å². The molecule has 0 radical (unpaired) electrons. The molecule has 142 valence electrons. The van der Waals surface area contributed by atoms with Crippen molar-refractivity contribution >= 4 is 0 Å². The second kappa shape index (κ2) is 10.4. The fourth-order valence-corrected chi connectivity index (χ4v) is 3.31. The Balaban J connectivity index is 1.83. The van der Waals surface area contributed by atoms with Crippen molar-refractivity contribution in [3.05, 3.63) is 65.7 Å². The van der Waals surface area contributed by atoms with E-state index in [0.717, 1.165) is 12.2 Å². The third-order valence-corrected chi connectivity index (χ3v) is 4.73. The number of hydrogen-bond donors (Lipinski definition) is 0. The minimum absolute atomic E-state index is 0.249. The summed E-state index contributed by atoms with van der Waals surface area (Å²) in [5.74, 6) is 2.82. The summed E-state index contributed by atoms with van der Waals surface area (Å²) in [6, 6.07) is 18.9. The number of ether oxygens (including phenoxy) is 2. The molecular formula is C24H34O2. The molecule has 0 amide bonds. The number of benzene rings is 2. The van der Waals surface area contributed by atoms with E-state index in [-0.39, 0.29) is 6.29 Å². The highest BCUT2D eigenvalue weighted by Gasteiger charge is 2.17. The fraction of sp³-hybridized carbons (Fsp3) is 0.500. The number of rotatable bonds is 10. The van der Waals surface area contributed by atoms with Gasteiger partial charge in [-0.05, 0) is 60.8 Å². The lowest BCUT2D eigenvalue weighted by Crippen LogP contribution is -2.18. The Kier molecular flexibility index (Phi) is 8.18. The van der Waals surface area contributed by atoms with E-state index in [0.29, 0.717) is 24.4 Å². The molecule has 0 spiro atoms. The van der Waals surface area contributed by atoms with E-state index in [1.54, 1.807) is 0 Å². The summed E-state index contributed by atoms with van der Waals surface area (Å²) in [6.07, 6.45) is 1.87. The first kappa shape index (κ1) is 20.5. The Morgan fingerprint density at radius 2 is 1.46 bits per heavy atom. The van der Waals surface area contributed by atoms with Gasteiger partial charge in [-0.1, -0.05) is 70.2 Å². The van der Waals surface area contributed by atoms with E-state index in [9.17, 15) is 0 Å². The molecule has 0 saturated carbocycles. The van der Waals surface area contributed by atoms with Gasteiger partial charge in [-0.15, -0.1) is 0 Å². The first-order valence-corrected chi connectivity index (χ1v) is 9.88. The predicted molar refractivity (Wildman–Crippen MR) is 110 cm³/mol. The zero-order chi connectivity index (χ0) is 18.9. The molecule has 0 aromatic heterocycles. The minimum Gasteiger partial charge on any atom is -0.465 e. The van der Waals surface area contributed by atoms with Crippen LogP contribution in [-0.4, -0.2) is 12.9 Å². The minimum atomic E-state index is -0.249. The van der Waals surface area contributed by atoms with Crippen LogP contribution in [0.5, 0.6) is 5.75 Å². The SMILES string of the molecule is CC(C)CC(c1ccc(OC(C)OCCc2ccccc2)cc1)C(C)C. The van der Waals surface area contributed by atoms with Crippen LogP contribution >= 0.6 is 0 Å². The van der Waals surface area contributed by atoms with Gasteiger partial charge in [0.15, 0.2) is 6.29 Å². The zero-order valence-corrected chi connectivity index (χ0v) is 16.9. The topological polar surface area (TPSA) is 18.5 Å². The smallest absolute Gasteiger partial charge is 0.196 e. The summed E-state index contributed by atoms with van der Waals surface area (Å²) in [7, 11) is 0. The van der Waals surface area contributed by atoms with E-state index in [1.807, 2.05) is 13.0 Å². The molecule has 2 nitrogen and oxygen atoms in total. The van der Waals surface area contributed by atoms with Crippen LogP contribution in [0.15, 0.2) is 54.6 Å². The lowest BCUT2D eigenvalue weighted by molar-refractivity contribution is -0.0654. The highest BCUT2D eigenvalue weighted by atomic mass is 16.7. The Morgan fingerprint density at radius 1 is 0.808 bits per heavy atom. The summed E-state index contributed by atoms with van der Waals surface area (Å²) in [5.41, 5.74) is 2.69. The van der Waals surface area contributed by atoms with Crippen LogP contribution in [0, 0.1) is 11.8 Å². The maximum atomic E-state index is 5.91. The van der Waals surface area contributed by atoms with Crippen LogP contribution in [0.3, 0.4) is 0 Å². The van der Waals surface area contributed by atoms with Crippen molar-refractivity contribution in [3.63, 3.8) is 0 Å². The van der Waals surface area contributed by atoms with Crippen molar-refractivity contribution < 1.29 is 9.47 Å². The van der Waals surface area contributed by atoms with Gasteiger partial charge in [0.25, 0.3) is 0 Å². The van der Waals surface area contributed by atoms with E-state index in [4.69, 9.17) is 9.47 Å². The quantitative estimate of drug-likeness (QED) is 0.456. The van der Waals surface area contributed by atoms with Crippen molar-refractivity contribution in [3.8, 4) is 5.75 Å². The molecule has 0 bridgehead atoms. The van der Waals surface area contributed by atoms with Crippen molar-refractivity contribution in [2.75, 3.05) is 6.61 Å². The summed E-state index contributed by atoms with van der Waals surface area (Å²) in [4.78, 5) is 0. The maximum absolute atomic E-state index is 5.91. The second-order valence-corrected chi connectivity index (χ2v) is 7.84. The van der Waals surface area contributed by atoms with Crippen molar-refractivity contribution in [1.82, 2.24) is 0 Å². The van der Waals surface area contributed by atoms with Crippen molar-refractivity contribution in [2.24, 2.45) is 11.8 Å². The van der Waals surface area contributed by atoms with Gasteiger partial charge in [0, 0.05) is 0 Å². The van der Waals surface area contributed by atoms with Crippen molar-refractivity contribution in [2.45, 2.75) is 59.7 Å². The molecule has 0 N–H and O–H groups in total. The van der Waals surface area contributed by atoms with Crippen molar-refractivity contribution in [1.29, 1.82) is 0 Å². The van der Waals surface area contributed by atoms with Gasteiger partial charge in [-0.3, -0.25) is 0 Å². The molecule has 0 aliphatic heterocycles. The van der Waals surface area contributed by atoms with Crippen LogP contribution in [0.25, 0.3) is 0 Å². The Bertz CT molecular complexity index is 616. The van der Waals surface area contributed by atoms with Gasteiger partial charge in [0.1, 0.15) is 5.75 Å². The van der Waals surface area contributed by atoms with Gasteiger partial charge in [0.05, 0.1) is 6.61 Å². The molecule has 0 aliphatic rings. The molecule has 0 saturated heterocycles. The maximum Gasteiger partial charge on any atom is 0.196 e. The molecule has 0 fully saturated rings. The van der Waals surface area contributed by atoms with E-state index >= 15 is 0 Å². The zero-order valence-electron chi connectivity index (χ0n) is 16.9. The summed E-state index contributed by atoms with van der Waals surface area (Å²) in [5, 5.41) is 0. The molecule has 2 atom stereocenters. The molecule has 2 aromatic rings. The largest absolute Gasteiger partial charge is 0.465 e. The molecule has 0 heterocycles. The Morgan fingerprint density at radius 3 is 2.04 bits per heavy atom. The average Bonchev–Trinajstić information content (AvgIpc) is 2.61.